The fraction of sp³-hybridized carbons (Fsp3) is 0.250. The van der Waals surface area contributed by atoms with Gasteiger partial charge in [0.1, 0.15) is 24.1 Å². The minimum Gasteiger partial charge on any atom is -0.491 e. The van der Waals surface area contributed by atoms with Gasteiger partial charge in [-0.05, 0) is 51.4 Å². The summed E-state index contributed by atoms with van der Waals surface area (Å²) < 4.78 is 37.5. The molecule has 2 heterocycles. The van der Waals surface area contributed by atoms with Gasteiger partial charge in [-0.25, -0.2) is 0 Å². The number of carbonyl (C=O) groups is 2. The average Bonchev–Trinajstić information content (AvgIpc) is 3.41. The Morgan fingerprint density at radius 3 is 2.48 bits per heavy atom. The lowest BCUT2D eigenvalue weighted by Crippen LogP contribution is -2.58. The van der Waals surface area contributed by atoms with Gasteiger partial charge < -0.3 is 19.9 Å². The molecule has 1 atom stereocenters. The normalized spacial score (nSPS) is 16.5. The Labute approximate surface area is 257 Å². The summed E-state index contributed by atoms with van der Waals surface area (Å²) in [6.07, 6.45) is 1.34. The van der Waals surface area contributed by atoms with Crippen molar-refractivity contribution in [2.45, 2.75) is 24.6 Å². The monoisotopic (exact) mass is 614 g/mol. The molecule has 44 heavy (non-hydrogen) atoms. The lowest BCUT2D eigenvalue weighted by molar-refractivity contribution is 0.0428. The predicted octanol–water partition coefficient (Wildman–Crippen LogP) is 3.83. The first-order chi connectivity index (χ1) is 20.9. The van der Waals surface area contributed by atoms with Crippen molar-refractivity contribution < 1.29 is 23.1 Å². The highest BCUT2D eigenvalue weighted by atomic mass is 28.1. The maximum atomic E-state index is 15.2. The van der Waals surface area contributed by atoms with Crippen LogP contribution in [0, 0.1) is 11.3 Å². The van der Waals surface area contributed by atoms with Crippen molar-refractivity contribution in [3.8, 4) is 11.8 Å². The summed E-state index contributed by atoms with van der Waals surface area (Å²) in [6, 6.07) is 20.1. The van der Waals surface area contributed by atoms with Crippen LogP contribution in [0.3, 0.4) is 0 Å². The second-order valence-electron chi connectivity index (χ2n) is 11.4. The molecule has 1 aromatic heterocycles. The number of rotatable bonds is 9. The number of hydrogen-bond acceptors (Lipinski definition) is 6. The van der Waals surface area contributed by atoms with E-state index in [1.165, 1.54) is 53.3 Å². The minimum absolute atomic E-state index is 0.0641. The molecule has 0 saturated carbocycles. The number of nitriles is 1. The van der Waals surface area contributed by atoms with Crippen LogP contribution in [0.2, 0.25) is 0 Å². The molecule has 0 fully saturated rings. The van der Waals surface area contributed by atoms with Crippen molar-refractivity contribution in [3.05, 3.63) is 107 Å². The highest BCUT2D eigenvalue weighted by Gasteiger charge is 2.42. The standard InChI is InChI=1S/C32H32F2N6O3Si/c1-31(44)20-39-28(30(42)40(31)25-12-9-23(10-13-25)32(33,34)22-7-5-4-6-8-22)26(19-36-39)29(41)37-24-11-14-27(21(17-24)18-35)43-16-15-38(2)3/h4-14,17,19H,15-16,20H2,1-3,44H3,(H,37,41)/t31-/m0/s1. The zero-order chi connectivity index (χ0) is 31.6. The Balaban J connectivity index is 1.38. The fourth-order valence-electron chi connectivity index (χ4n) is 5.17. The van der Waals surface area contributed by atoms with Gasteiger partial charge >= 0.3 is 0 Å². The summed E-state index contributed by atoms with van der Waals surface area (Å²) in [4.78, 5) is 30.9. The number of nitrogens with one attached hydrogen (secondary N) is 1. The largest absolute Gasteiger partial charge is 0.491 e. The molecule has 0 saturated heterocycles. The maximum Gasteiger partial charge on any atom is 0.298 e. The summed E-state index contributed by atoms with van der Waals surface area (Å²) >= 11 is 0. The first-order valence-corrected chi connectivity index (χ1v) is 15.0. The number of ether oxygens (including phenoxy) is 1. The Morgan fingerprint density at radius 2 is 1.82 bits per heavy atom. The average molecular weight is 615 g/mol. The Morgan fingerprint density at radius 1 is 1.14 bits per heavy atom. The number of nitrogens with zero attached hydrogens (tertiary/aromatic N) is 5. The summed E-state index contributed by atoms with van der Waals surface area (Å²) in [5, 5.41) is 16.1. The van der Waals surface area contributed by atoms with Crippen molar-refractivity contribution in [2.75, 3.05) is 37.5 Å². The van der Waals surface area contributed by atoms with E-state index in [2.05, 4.69) is 16.5 Å². The van der Waals surface area contributed by atoms with Gasteiger partial charge in [-0.3, -0.25) is 14.3 Å². The van der Waals surface area contributed by atoms with Gasteiger partial charge in [-0.1, -0.05) is 42.5 Å². The van der Waals surface area contributed by atoms with E-state index >= 15 is 8.78 Å². The van der Waals surface area contributed by atoms with E-state index in [1.807, 2.05) is 25.9 Å². The number of hydrogen-bond donors (Lipinski definition) is 1. The van der Waals surface area contributed by atoms with Crippen LogP contribution >= 0.6 is 0 Å². The summed E-state index contributed by atoms with van der Waals surface area (Å²) in [5.41, 5.74) is 0.906. The zero-order valence-electron chi connectivity index (χ0n) is 24.8. The van der Waals surface area contributed by atoms with E-state index in [1.54, 1.807) is 35.2 Å². The second-order valence-corrected chi connectivity index (χ2v) is 13.6. The third kappa shape index (κ3) is 5.97. The van der Waals surface area contributed by atoms with Crippen molar-refractivity contribution in [3.63, 3.8) is 0 Å². The van der Waals surface area contributed by atoms with Crippen LogP contribution in [0.4, 0.5) is 20.2 Å². The van der Waals surface area contributed by atoms with E-state index in [4.69, 9.17) is 4.74 Å². The smallest absolute Gasteiger partial charge is 0.298 e. The molecule has 2 amide bonds. The van der Waals surface area contributed by atoms with Gasteiger partial charge in [0.05, 0.1) is 23.9 Å². The summed E-state index contributed by atoms with van der Waals surface area (Å²) in [7, 11) is 4.37. The molecule has 12 heteroatoms. The number of halogens is 2. The molecular formula is C32H32F2N6O3Si. The van der Waals surface area contributed by atoms with E-state index < -0.39 is 22.9 Å². The summed E-state index contributed by atoms with van der Waals surface area (Å²) in [5.74, 6) is -3.83. The predicted molar refractivity (Wildman–Crippen MR) is 166 cm³/mol. The van der Waals surface area contributed by atoms with Gasteiger partial charge in [0.15, 0.2) is 0 Å². The SMILES string of the molecule is CN(C)CCOc1ccc(NC(=O)c2cnn3c2C(=O)N(c2ccc(C(F)(F)c4ccccc4)cc2)[C@@](C)([SiH3])C3)cc1C#N. The summed E-state index contributed by atoms with van der Waals surface area (Å²) in [6.45, 7) is 3.29. The maximum absolute atomic E-state index is 15.2. The molecule has 1 N–H and O–H groups in total. The molecular weight excluding hydrogens is 582 g/mol. The van der Waals surface area contributed by atoms with Crippen LogP contribution < -0.4 is 15.0 Å². The number of carbonyl (C=O) groups excluding carboxylic acids is 2. The highest BCUT2D eigenvalue weighted by Crippen LogP contribution is 2.38. The van der Waals surface area contributed by atoms with Gasteiger partial charge in [-0.2, -0.15) is 19.1 Å². The van der Waals surface area contributed by atoms with Gasteiger partial charge in [0, 0.05) is 44.5 Å². The van der Waals surface area contributed by atoms with Crippen molar-refractivity contribution in [2.24, 2.45) is 0 Å². The van der Waals surface area contributed by atoms with E-state index in [0.29, 0.717) is 47.1 Å². The number of anilines is 2. The van der Waals surface area contributed by atoms with Crippen molar-refractivity contribution in [1.29, 1.82) is 5.26 Å². The molecule has 0 unspecified atom stereocenters. The molecule has 0 aliphatic carbocycles. The first kappa shape index (κ1) is 30.6. The number of fused-ring (bicyclic) bond motifs is 1. The molecule has 0 spiro atoms. The molecule has 9 nitrogen and oxygen atoms in total. The van der Waals surface area contributed by atoms with Crippen LogP contribution in [0.25, 0.3) is 0 Å². The lowest BCUT2D eigenvalue weighted by Gasteiger charge is -2.42. The van der Waals surface area contributed by atoms with Crippen LogP contribution in [-0.2, 0) is 12.5 Å². The van der Waals surface area contributed by atoms with Crippen molar-refractivity contribution >= 4 is 33.4 Å². The van der Waals surface area contributed by atoms with Crippen LogP contribution in [0.5, 0.6) is 5.75 Å². The number of aromatic nitrogens is 2. The number of benzene rings is 3. The van der Waals surface area contributed by atoms with Crippen LogP contribution in [0.15, 0.2) is 79.0 Å². The molecule has 0 bridgehead atoms. The number of likely N-dealkylation sites (N-methyl/N-ethyl adjacent to an activating group) is 1. The third-order valence-corrected chi connectivity index (χ3v) is 8.17. The van der Waals surface area contributed by atoms with Crippen LogP contribution in [-0.4, -0.2) is 69.1 Å². The lowest BCUT2D eigenvalue weighted by atomic mass is 9.99. The fourth-order valence-corrected chi connectivity index (χ4v) is 5.93. The third-order valence-electron chi connectivity index (χ3n) is 7.41. The molecule has 4 aromatic rings. The zero-order valence-corrected chi connectivity index (χ0v) is 26.8. The van der Waals surface area contributed by atoms with Gasteiger partial charge in [0.25, 0.3) is 17.7 Å². The molecule has 5 rings (SSSR count). The first-order valence-electron chi connectivity index (χ1n) is 14.0. The van der Waals surface area contributed by atoms with E-state index in [9.17, 15) is 14.9 Å². The van der Waals surface area contributed by atoms with E-state index in [-0.39, 0.29) is 27.9 Å². The molecule has 1 aliphatic rings. The molecule has 1 aliphatic heterocycles. The van der Waals surface area contributed by atoms with Gasteiger partial charge in [0.2, 0.25) is 0 Å². The number of alkyl halides is 2. The Kier molecular flexibility index (Phi) is 8.36. The minimum atomic E-state index is -3.21. The Hall–Kier alpha value is -4.86. The Bertz CT molecular complexity index is 1730. The second kappa shape index (κ2) is 12.0. The number of amides is 2. The molecule has 0 radical (unpaired) electrons. The molecule has 226 valence electrons. The topological polar surface area (TPSA) is 103 Å². The van der Waals surface area contributed by atoms with Crippen molar-refractivity contribution in [1.82, 2.24) is 14.7 Å². The van der Waals surface area contributed by atoms with Gasteiger partial charge in [-0.15, -0.1) is 0 Å². The highest BCUT2D eigenvalue weighted by molar-refractivity contribution is 6.25. The molecule has 3 aromatic carbocycles. The van der Waals surface area contributed by atoms with E-state index in [0.717, 1.165) is 0 Å². The quantitative estimate of drug-likeness (QED) is 0.288. The van der Waals surface area contributed by atoms with Crippen LogP contribution in [0.1, 0.15) is 44.5 Å².